The molecule has 0 radical (unpaired) electrons. The maximum absolute atomic E-state index is 5.74. The highest BCUT2D eigenvalue weighted by atomic mass is 15.2. The molecule has 1 aliphatic rings. The van der Waals surface area contributed by atoms with Gasteiger partial charge in [-0.25, -0.2) is 0 Å². The minimum Gasteiger partial charge on any atom is -0.330 e. The summed E-state index contributed by atoms with van der Waals surface area (Å²) in [6.45, 7) is 4.69. The van der Waals surface area contributed by atoms with Crippen LogP contribution < -0.4 is 11.1 Å². The van der Waals surface area contributed by atoms with Crippen molar-refractivity contribution in [2.24, 2.45) is 5.73 Å². The van der Waals surface area contributed by atoms with E-state index in [0.29, 0.717) is 6.04 Å². The van der Waals surface area contributed by atoms with Gasteiger partial charge in [0.1, 0.15) is 0 Å². The van der Waals surface area contributed by atoms with Crippen LogP contribution in [0, 0.1) is 0 Å². The molecule has 1 unspecified atom stereocenters. The third kappa shape index (κ3) is 4.58. The van der Waals surface area contributed by atoms with E-state index >= 15 is 0 Å². The van der Waals surface area contributed by atoms with Crippen LogP contribution in [0.4, 0.5) is 0 Å². The second-order valence-corrected chi connectivity index (χ2v) is 7.76. The highest BCUT2D eigenvalue weighted by Gasteiger charge is 2.20. The molecule has 28 heavy (non-hydrogen) atoms. The lowest BCUT2D eigenvalue weighted by Gasteiger charge is -2.32. The van der Waals surface area contributed by atoms with Gasteiger partial charge in [-0.05, 0) is 54.9 Å². The zero-order valence-corrected chi connectivity index (χ0v) is 16.5. The van der Waals surface area contributed by atoms with E-state index in [0.717, 1.165) is 52.0 Å². The van der Waals surface area contributed by atoms with Crippen molar-refractivity contribution in [3.63, 3.8) is 0 Å². The number of unbranched alkanes of at least 4 members (excludes halogenated alkanes) is 1. The van der Waals surface area contributed by atoms with Crippen LogP contribution in [0.25, 0.3) is 10.8 Å². The summed E-state index contributed by atoms with van der Waals surface area (Å²) in [4.78, 5) is 7.27. The van der Waals surface area contributed by atoms with E-state index in [1.165, 1.54) is 27.6 Å². The maximum atomic E-state index is 5.74. The summed E-state index contributed by atoms with van der Waals surface area (Å²) in [5.74, 6) is 0. The molecule has 2 aromatic carbocycles. The van der Waals surface area contributed by atoms with Crippen molar-refractivity contribution < 1.29 is 0 Å². The molecule has 4 rings (SSSR count). The zero-order chi connectivity index (χ0) is 19.2. The summed E-state index contributed by atoms with van der Waals surface area (Å²) < 4.78 is 0. The Hall–Kier alpha value is -2.27. The Morgan fingerprint density at radius 2 is 1.82 bits per heavy atom. The number of fused-ring (bicyclic) bond motifs is 2. The normalized spacial score (nSPS) is 16.4. The fourth-order valence-electron chi connectivity index (χ4n) is 4.20. The van der Waals surface area contributed by atoms with Gasteiger partial charge < -0.3 is 11.1 Å². The number of nitrogens with one attached hydrogen (secondary N) is 1. The van der Waals surface area contributed by atoms with Gasteiger partial charge in [0.05, 0.1) is 5.69 Å². The van der Waals surface area contributed by atoms with E-state index in [1.54, 1.807) is 0 Å². The minimum atomic E-state index is 0.475. The Balaban J connectivity index is 1.49. The summed E-state index contributed by atoms with van der Waals surface area (Å²) in [5.41, 5.74) is 9.82. The van der Waals surface area contributed by atoms with Crippen LogP contribution in [0.1, 0.15) is 29.7 Å². The standard InChI is InChI=1S/C24H30N4/c25-12-5-6-14-28(17-22-15-20-8-1-2-9-21(20)16-27-22)18-24-23-10-4-3-7-19(23)11-13-26-24/h1-4,7-11,13,22,27H,5-6,12,14-18,25H2. The van der Waals surface area contributed by atoms with Crippen LogP contribution in [0.3, 0.4) is 0 Å². The van der Waals surface area contributed by atoms with E-state index in [-0.39, 0.29) is 0 Å². The molecule has 0 amide bonds. The van der Waals surface area contributed by atoms with E-state index in [2.05, 4.69) is 64.8 Å². The number of rotatable bonds is 8. The van der Waals surface area contributed by atoms with Crippen molar-refractivity contribution in [2.45, 2.75) is 38.4 Å². The number of pyridine rings is 1. The Bertz CT molecular complexity index is 903. The molecule has 0 saturated heterocycles. The molecule has 0 saturated carbocycles. The van der Waals surface area contributed by atoms with Crippen molar-refractivity contribution in [2.75, 3.05) is 19.6 Å². The van der Waals surface area contributed by atoms with Crippen LogP contribution >= 0.6 is 0 Å². The maximum Gasteiger partial charge on any atom is 0.0622 e. The first-order valence-corrected chi connectivity index (χ1v) is 10.4. The van der Waals surface area contributed by atoms with Gasteiger partial charge in [0.15, 0.2) is 0 Å². The van der Waals surface area contributed by atoms with Crippen molar-refractivity contribution in [3.05, 3.63) is 77.6 Å². The molecular weight excluding hydrogens is 344 g/mol. The third-order valence-electron chi connectivity index (χ3n) is 5.70. The number of nitrogens with zero attached hydrogens (tertiary/aromatic N) is 2. The van der Waals surface area contributed by atoms with Crippen LogP contribution in [0.5, 0.6) is 0 Å². The van der Waals surface area contributed by atoms with Gasteiger partial charge in [0, 0.05) is 37.3 Å². The number of nitrogens with two attached hydrogens (primary N) is 1. The van der Waals surface area contributed by atoms with Gasteiger partial charge in [-0.3, -0.25) is 9.88 Å². The summed E-state index contributed by atoms with van der Waals surface area (Å²) in [6.07, 6.45) is 5.22. The van der Waals surface area contributed by atoms with E-state index in [1.807, 2.05) is 6.20 Å². The van der Waals surface area contributed by atoms with Crippen LogP contribution in [-0.4, -0.2) is 35.6 Å². The van der Waals surface area contributed by atoms with Gasteiger partial charge in [-0.1, -0.05) is 48.5 Å². The molecule has 3 N–H and O–H groups in total. The highest BCUT2D eigenvalue weighted by Crippen LogP contribution is 2.20. The molecule has 0 bridgehead atoms. The number of benzene rings is 2. The summed E-state index contributed by atoms with van der Waals surface area (Å²) in [6, 6.07) is 19.9. The van der Waals surface area contributed by atoms with Crippen LogP contribution in [0.2, 0.25) is 0 Å². The topological polar surface area (TPSA) is 54.2 Å². The Morgan fingerprint density at radius 3 is 2.71 bits per heavy atom. The molecule has 1 atom stereocenters. The Labute approximate surface area is 167 Å². The predicted octanol–water partition coefficient (Wildman–Crippen LogP) is 3.49. The Kier molecular flexibility index (Phi) is 6.32. The average molecular weight is 375 g/mol. The van der Waals surface area contributed by atoms with Gasteiger partial charge in [-0.2, -0.15) is 0 Å². The summed E-state index contributed by atoms with van der Waals surface area (Å²) >= 11 is 0. The molecule has 0 fully saturated rings. The molecule has 146 valence electrons. The van der Waals surface area contributed by atoms with Crippen LogP contribution in [-0.2, 0) is 19.5 Å². The first-order chi connectivity index (χ1) is 13.8. The average Bonchev–Trinajstić information content (AvgIpc) is 2.74. The zero-order valence-electron chi connectivity index (χ0n) is 16.5. The second-order valence-electron chi connectivity index (χ2n) is 7.76. The summed E-state index contributed by atoms with van der Waals surface area (Å²) in [7, 11) is 0. The lowest BCUT2D eigenvalue weighted by molar-refractivity contribution is 0.223. The molecule has 1 aromatic heterocycles. The minimum absolute atomic E-state index is 0.475. The van der Waals surface area contributed by atoms with Crippen molar-refractivity contribution in [1.29, 1.82) is 0 Å². The predicted molar refractivity (Wildman–Crippen MR) is 116 cm³/mol. The first-order valence-electron chi connectivity index (χ1n) is 10.4. The fraction of sp³-hybridized carbons (Fsp3) is 0.375. The van der Waals surface area contributed by atoms with Gasteiger partial charge in [-0.15, -0.1) is 0 Å². The highest BCUT2D eigenvalue weighted by molar-refractivity contribution is 5.84. The molecule has 0 aliphatic carbocycles. The van der Waals surface area contributed by atoms with Crippen molar-refractivity contribution >= 4 is 10.8 Å². The van der Waals surface area contributed by atoms with Gasteiger partial charge in [0.2, 0.25) is 0 Å². The van der Waals surface area contributed by atoms with Crippen molar-refractivity contribution in [1.82, 2.24) is 15.2 Å². The number of hydrogen-bond donors (Lipinski definition) is 2. The van der Waals surface area contributed by atoms with Gasteiger partial charge >= 0.3 is 0 Å². The smallest absolute Gasteiger partial charge is 0.0622 e. The van der Waals surface area contributed by atoms with Crippen molar-refractivity contribution in [3.8, 4) is 0 Å². The molecule has 1 aliphatic heterocycles. The largest absolute Gasteiger partial charge is 0.330 e. The third-order valence-corrected chi connectivity index (χ3v) is 5.70. The molecule has 4 heteroatoms. The molecule has 4 nitrogen and oxygen atoms in total. The Morgan fingerprint density at radius 1 is 1.00 bits per heavy atom. The SMILES string of the molecule is NCCCCN(Cc1nccc2ccccc12)CC1Cc2ccccc2CN1. The van der Waals surface area contributed by atoms with E-state index < -0.39 is 0 Å². The fourth-order valence-corrected chi connectivity index (χ4v) is 4.20. The lowest BCUT2D eigenvalue weighted by Crippen LogP contribution is -2.44. The van der Waals surface area contributed by atoms with E-state index in [4.69, 9.17) is 10.7 Å². The molecular formula is C24H30N4. The lowest BCUT2D eigenvalue weighted by atomic mass is 9.95. The molecule has 3 aromatic rings. The molecule has 2 heterocycles. The monoisotopic (exact) mass is 374 g/mol. The van der Waals surface area contributed by atoms with Gasteiger partial charge in [0.25, 0.3) is 0 Å². The first kappa shape index (κ1) is 19.1. The second kappa shape index (κ2) is 9.28. The summed E-state index contributed by atoms with van der Waals surface area (Å²) in [5, 5.41) is 6.26. The quantitative estimate of drug-likeness (QED) is 0.593. The van der Waals surface area contributed by atoms with Crippen LogP contribution in [0.15, 0.2) is 60.8 Å². The number of hydrogen-bond acceptors (Lipinski definition) is 4. The number of aromatic nitrogens is 1. The van der Waals surface area contributed by atoms with E-state index in [9.17, 15) is 0 Å². The molecule has 0 spiro atoms.